The van der Waals surface area contributed by atoms with E-state index in [0.29, 0.717) is 0 Å². The molecule has 1 heterocycles. The lowest BCUT2D eigenvalue weighted by molar-refractivity contribution is 0.0518. The van der Waals surface area contributed by atoms with Gasteiger partial charge in [-0.1, -0.05) is 36.4 Å². The fraction of sp³-hybridized carbons (Fsp3) is 0.200. The maximum Gasteiger partial charge on any atom is 0.359 e. The molecule has 2 rings (SSSR count). The topological polar surface area (TPSA) is 44.1 Å². The van der Waals surface area contributed by atoms with Gasteiger partial charge in [-0.2, -0.15) is 5.10 Å². The van der Waals surface area contributed by atoms with Gasteiger partial charge in [0.15, 0.2) is 17.3 Å². The highest BCUT2D eigenvalue weighted by Gasteiger charge is 2.22. The summed E-state index contributed by atoms with van der Waals surface area (Å²) in [7, 11) is 0. The van der Waals surface area contributed by atoms with Gasteiger partial charge in [0.05, 0.1) is 13.2 Å². The molecule has 0 aliphatic rings. The molecule has 0 saturated heterocycles. The van der Waals surface area contributed by atoms with Crippen LogP contribution >= 0.6 is 11.6 Å². The third-order valence-electron chi connectivity index (χ3n) is 2.95. The van der Waals surface area contributed by atoms with Gasteiger partial charge in [-0.15, -0.1) is 0 Å². The number of nitrogens with zero attached hydrogens (tertiary/aromatic N) is 2. The van der Waals surface area contributed by atoms with Crippen LogP contribution in [0.2, 0.25) is 5.15 Å². The van der Waals surface area contributed by atoms with E-state index in [1.54, 1.807) is 6.92 Å². The Morgan fingerprint density at radius 1 is 1.50 bits per heavy atom. The summed E-state index contributed by atoms with van der Waals surface area (Å²) in [5.74, 6) is -2.60. The number of hydrogen-bond donors (Lipinski definition) is 0. The molecule has 0 aliphatic heterocycles. The van der Waals surface area contributed by atoms with Gasteiger partial charge in [0.25, 0.3) is 0 Å². The zero-order valence-corrected chi connectivity index (χ0v) is 12.5. The fourth-order valence-corrected chi connectivity index (χ4v) is 2.19. The Morgan fingerprint density at radius 2 is 2.23 bits per heavy atom. The molecule has 0 fully saturated rings. The Morgan fingerprint density at radius 3 is 2.86 bits per heavy atom. The first-order valence-electron chi connectivity index (χ1n) is 6.48. The highest BCUT2D eigenvalue weighted by Crippen LogP contribution is 2.24. The number of ether oxygens (including phenoxy) is 1. The largest absolute Gasteiger partial charge is 0.461 e. The number of rotatable bonds is 5. The van der Waals surface area contributed by atoms with E-state index in [1.807, 2.05) is 0 Å². The van der Waals surface area contributed by atoms with Crippen molar-refractivity contribution in [3.05, 3.63) is 58.4 Å². The molecule has 2 aromatic rings. The van der Waals surface area contributed by atoms with Crippen LogP contribution < -0.4 is 0 Å². The Bertz CT molecular complexity index is 729. The van der Waals surface area contributed by atoms with E-state index in [2.05, 4.69) is 11.7 Å². The number of aromatic nitrogens is 2. The van der Waals surface area contributed by atoms with Crippen molar-refractivity contribution in [1.29, 1.82) is 0 Å². The van der Waals surface area contributed by atoms with Crippen LogP contribution in [0.1, 0.15) is 28.5 Å². The maximum absolute atomic E-state index is 13.7. The van der Waals surface area contributed by atoms with Crippen molar-refractivity contribution in [2.24, 2.45) is 0 Å². The van der Waals surface area contributed by atoms with E-state index < -0.39 is 17.6 Å². The quantitative estimate of drug-likeness (QED) is 0.787. The molecule has 1 aromatic carbocycles. The predicted octanol–water partition coefficient (Wildman–Crippen LogP) is 3.68. The van der Waals surface area contributed by atoms with Gasteiger partial charge >= 0.3 is 5.97 Å². The van der Waals surface area contributed by atoms with Gasteiger partial charge in [0.2, 0.25) is 0 Å². The van der Waals surface area contributed by atoms with Crippen LogP contribution in [0.3, 0.4) is 0 Å². The Balaban J connectivity index is 2.42. The van der Waals surface area contributed by atoms with Crippen molar-refractivity contribution < 1.29 is 18.3 Å². The SMILES string of the molecule is C=Cc1c(C(=O)OCC)nn(Cc2cccc(F)c2F)c1Cl. The molecule has 0 unspecified atom stereocenters. The van der Waals surface area contributed by atoms with Crippen LogP contribution in [0.15, 0.2) is 24.8 Å². The molecule has 0 saturated carbocycles. The first kappa shape index (κ1) is 16.2. The molecule has 0 aliphatic carbocycles. The minimum absolute atomic E-state index is 0.0151. The minimum Gasteiger partial charge on any atom is -0.461 e. The number of halogens is 3. The number of carbonyl (C=O) groups excluding carboxylic acids is 1. The summed E-state index contributed by atoms with van der Waals surface area (Å²) >= 11 is 6.12. The van der Waals surface area contributed by atoms with E-state index in [-0.39, 0.29) is 35.1 Å². The minimum atomic E-state index is -0.980. The van der Waals surface area contributed by atoms with E-state index in [9.17, 15) is 13.6 Å². The van der Waals surface area contributed by atoms with Crippen LogP contribution in [-0.2, 0) is 11.3 Å². The van der Waals surface area contributed by atoms with Crippen molar-refractivity contribution in [1.82, 2.24) is 9.78 Å². The second kappa shape index (κ2) is 6.70. The second-order valence-electron chi connectivity index (χ2n) is 4.35. The molecule has 1 aromatic heterocycles. The van der Waals surface area contributed by atoms with Gasteiger partial charge in [-0.05, 0) is 13.0 Å². The van der Waals surface area contributed by atoms with Crippen LogP contribution in [0.4, 0.5) is 8.78 Å². The first-order valence-corrected chi connectivity index (χ1v) is 6.86. The summed E-state index contributed by atoms with van der Waals surface area (Å²) in [6, 6.07) is 3.81. The summed E-state index contributed by atoms with van der Waals surface area (Å²) in [5, 5.41) is 4.11. The van der Waals surface area contributed by atoms with Crippen molar-refractivity contribution in [3.8, 4) is 0 Å². The molecular formula is C15H13ClF2N2O2. The average Bonchev–Trinajstić information content (AvgIpc) is 2.80. The summed E-state index contributed by atoms with van der Waals surface area (Å²) in [5.41, 5.74) is 0.339. The Kier molecular flexibility index (Phi) is 4.92. The summed E-state index contributed by atoms with van der Waals surface area (Å²) in [6.45, 7) is 5.28. The molecule has 0 spiro atoms. The molecule has 0 atom stereocenters. The molecule has 0 amide bonds. The van der Waals surface area contributed by atoms with Gasteiger partial charge in [-0.3, -0.25) is 0 Å². The predicted molar refractivity (Wildman–Crippen MR) is 78.7 cm³/mol. The highest BCUT2D eigenvalue weighted by atomic mass is 35.5. The first-order chi connectivity index (χ1) is 10.5. The number of benzene rings is 1. The van der Waals surface area contributed by atoms with Crippen molar-refractivity contribution in [3.63, 3.8) is 0 Å². The van der Waals surface area contributed by atoms with Crippen molar-refractivity contribution >= 4 is 23.6 Å². The average molecular weight is 327 g/mol. The zero-order chi connectivity index (χ0) is 16.3. The number of carbonyl (C=O) groups is 1. The van der Waals surface area contributed by atoms with Gasteiger partial charge in [-0.25, -0.2) is 18.3 Å². The molecule has 4 nitrogen and oxygen atoms in total. The monoisotopic (exact) mass is 326 g/mol. The number of hydrogen-bond acceptors (Lipinski definition) is 3. The highest BCUT2D eigenvalue weighted by molar-refractivity contribution is 6.31. The second-order valence-corrected chi connectivity index (χ2v) is 4.71. The zero-order valence-electron chi connectivity index (χ0n) is 11.8. The van der Waals surface area contributed by atoms with E-state index in [0.717, 1.165) is 6.07 Å². The maximum atomic E-state index is 13.7. The van der Waals surface area contributed by atoms with Gasteiger partial charge in [0.1, 0.15) is 5.15 Å². The van der Waals surface area contributed by atoms with Crippen molar-refractivity contribution in [2.75, 3.05) is 6.61 Å². The summed E-state index contributed by atoms with van der Waals surface area (Å²) in [6.07, 6.45) is 1.36. The third-order valence-corrected chi connectivity index (χ3v) is 3.35. The molecule has 22 heavy (non-hydrogen) atoms. The van der Waals surface area contributed by atoms with Crippen LogP contribution in [0.25, 0.3) is 6.08 Å². The summed E-state index contributed by atoms with van der Waals surface area (Å²) in [4.78, 5) is 11.8. The van der Waals surface area contributed by atoms with Gasteiger partial charge in [0, 0.05) is 11.1 Å². The van der Waals surface area contributed by atoms with E-state index in [4.69, 9.17) is 16.3 Å². The molecule has 0 radical (unpaired) electrons. The fourth-order valence-electron chi connectivity index (χ4n) is 1.92. The normalized spacial score (nSPS) is 10.5. The third kappa shape index (κ3) is 3.01. The smallest absolute Gasteiger partial charge is 0.359 e. The van der Waals surface area contributed by atoms with Crippen LogP contribution in [0, 0.1) is 11.6 Å². The lowest BCUT2D eigenvalue weighted by Gasteiger charge is -2.05. The van der Waals surface area contributed by atoms with Crippen LogP contribution in [0.5, 0.6) is 0 Å². The molecule has 0 N–H and O–H groups in total. The Hall–Kier alpha value is -2.21. The van der Waals surface area contributed by atoms with Crippen LogP contribution in [-0.4, -0.2) is 22.4 Å². The van der Waals surface area contributed by atoms with Crippen molar-refractivity contribution in [2.45, 2.75) is 13.5 Å². The lowest BCUT2D eigenvalue weighted by Crippen LogP contribution is -2.09. The van der Waals surface area contributed by atoms with Gasteiger partial charge < -0.3 is 4.74 Å². The Labute approximate surface area is 131 Å². The number of esters is 1. The molecular weight excluding hydrogens is 314 g/mol. The standard InChI is InChI=1S/C15H13ClF2N2O2/c1-3-10-13(15(21)22-4-2)19-20(14(10)16)8-9-6-5-7-11(17)12(9)18/h3,5-7H,1,4,8H2,2H3. The summed E-state index contributed by atoms with van der Waals surface area (Å²) < 4.78 is 33.0. The van der Waals surface area contributed by atoms with E-state index >= 15 is 0 Å². The lowest BCUT2D eigenvalue weighted by atomic mass is 10.2. The van der Waals surface area contributed by atoms with E-state index in [1.165, 1.54) is 22.9 Å². The molecule has 7 heteroatoms. The molecule has 116 valence electrons. The molecule has 0 bridgehead atoms.